The molecular formula is C25H27F2N5O3S. The van der Waals surface area contributed by atoms with Crippen molar-refractivity contribution < 1.29 is 18.3 Å². The van der Waals surface area contributed by atoms with Crippen LogP contribution in [0.5, 0.6) is 5.75 Å². The van der Waals surface area contributed by atoms with Gasteiger partial charge in [0.15, 0.2) is 11.6 Å². The zero-order chi connectivity index (χ0) is 25.2. The smallest absolute Gasteiger partial charge is 0.322 e. The number of halogens is 2. The number of aromatic nitrogens is 2. The predicted octanol–water partition coefficient (Wildman–Crippen LogP) is 3.26. The van der Waals surface area contributed by atoms with Crippen molar-refractivity contribution in [2.45, 2.75) is 37.8 Å². The maximum absolute atomic E-state index is 14.1. The molecule has 36 heavy (non-hydrogen) atoms. The lowest BCUT2D eigenvalue weighted by Crippen LogP contribution is -2.48. The average Bonchev–Trinajstić information content (AvgIpc) is 3.32. The van der Waals surface area contributed by atoms with E-state index in [4.69, 9.17) is 4.74 Å². The SMILES string of the molecule is CN1CC[C@@H](NC(=O)c2ccc(OCc3cc(F)c(F)c4c3CCCN4)cc2)[C@@H](c2n[nH]c(=O)s2)C1. The number of rotatable bonds is 6. The Bertz CT molecular complexity index is 1310. The van der Waals surface area contributed by atoms with Gasteiger partial charge in [0.1, 0.15) is 17.4 Å². The van der Waals surface area contributed by atoms with Gasteiger partial charge in [-0.15, -0.1) is 0 Å². The molecule has 2 aromatic carbocycles. The molecule has 2 aliphatic heterocycles. The minimum absolute atomic E-state index is 0.0734. The van der Waals surface area contributed by atoms with Crippen molar-refractivity contribution in [3.8, 4) is 5.75 Å². The van der Waals surface area contributed by atoms with E-state index in [1.165, 1.54) is 6.07 Å². The van der Waals surface area contributed by atoms with Gasteiger partial charge >= 0.3 is 4.87 Å². The van der Waals surface area contributed by atoms with E-state index in [1.807, 2.05) is 7.05 Å². The number of anilines is 1. The lowest BCUT2D eigenvalue weighted by Gasteiger charge is -2.35. The van der Waals surface area contributed by atoms with Gasteiger partial charge in [-0.2, -0.15) is 5.10 Å². The van der Waals surface area contributed by atoms with Gasteiger partial charge in [0.05, 0.1) is 5.69 Å². The van der Waals surface area contributed by atoms with Gasteiger partial charge in [0, 0.05) is 30.6 Å². The number of H-pyrrole nitrogens is 1. The van der Waals surface area contributed by atoms with Crippen molar-refractivity contribution in [1.82, 2.24) is 20.4 Å². The van der Waals surface area contributed by atoms with Gasteiger partial charge < -0.3 is 20.3 Å². The van der Waals surface area contributed by atoms with Crippen molar-refractivity contribution in [2.24, 2.45) is 0 Å². The first kappa shape index (κ1) is 24.4. The summed E-state index contributed by atoms with van der Waals surface area (Å²) in [6.45, 7) is 2.23. The number of ether oxygens (including phenoxy) is 1. The second-order valence-electron chi connectivity index (χ2n) is 9.22. The fourth-order valence-corrected chi connectivity index (χ4v) is 5.61. The monoisotopic (exact) mass is 515 g/mol. The van der Waals surface area contributed by atoms with Crippen molar-refractivity contribution in [3.05, 3.63) is 73.3 Å². The number of hydrogen-bond donors (Lipinski definition) is 3. The topological polar surface area (TPSA) is 99.3 Å². The molecule has 0 saturated carbocycles. The Balaban J connectivity index is 1.24. The number of likely N-dealkylation sites (tertiary alicyclic amines) is 1. The van der Waals surface area contributed by atoms with E-state index < -0.39 is 11.6 Å². The van der Waals surface area contributed by atoms with Crippen LogP contribution in [0.15, 0.2) is 35.1 Å². The Kier molecular flexibility index (Phi) is 7.01. The number of carbonyl (C=O) groups excluding carboxylic acids is 1. The fourth-order valence-electron chi connectivity index (χ4n) is 4.85. The summed E-state index contributed by atoms with van der Waals surface area (Å²) in [5.41, 5.74) is 2.04. The standard InChI is InChI=1S/C25H27F2N5O3S/c1-32-10-8-20(18(12-32)24-30-31-25(34)36-24)29-23(33)14-4-6-16(7-5-14)35-13-15-11-19(26)21(27)22-17(15)3-2-9-28-22/h4-7,11,18,20,28H,2-3,8-10,12-13H2,1H3,(H,29,33)(H,31,34)/t18-,20+/m0/s1. The lowest BCUT2D eigenvalue weighted by molar-refractivity contribution is 0.0904. The van der Waals surface area contributed by atoms with Crippen LogP contribution in [-0.4, -0.2) is 53.7 Å². The average molecular weight is 516 g/mol. The zero-order valence-corrected chi connectivity index (χ0v) is 20.6. The van der Waals surface area contributed by atoms with E-state index in [2.05, 4.69) is 25.7 Å². The first-order chi connectivity index (χ1) is 17.4. The van der Waals surface area contributed by atoms with Crippen LogP contribution in [0.2, 0.25) is 0 Å². The van der Waals surface area contributed by atoms with Crippen LogP contribution in [0.4, 0.5) is 14.5 Å². The highest BCUT2D eigenvalue weighted by molar-refractivity contribution is 7.08. The molecule has 2 aliphatic rings. The maximum Gasteiger partial charge on any atom is 0.322 e. The maximum atomic E-state index is 14.1. The molecule has 0 bridgehead atoms. The molecule has 11 heteroatoms. The quantitative estimate of drug-likeness (QED) is 0.466. The molecule has 190 valence electrons. The number of likely N-dealkylation sites (N-methyl/N-ethyl adjacent to an activating group) is 1. The van der Waals surface area contributed by atoms with Crippen molar-refractivity contribution >= 4 is 22.9 Å². The van der Waals surface area contributed by atoms with Crippen molar-refractivity contribution in [3.63, 3.8) is 0 Å². The van der Waals surface area contributed by atoms with Gasteiger partial charge in [-0.3, -0.25) is 9.59 Å². The van der Waals surface area contributed by atoms with Gasteiger partial charge in [-0.1, -0.05) is 11.3 Å². The highest BCUT2D eigenvalue weighted by atomic mass is 32.1. The summed E-state index contributed by atoms with van der Waals surface area (Å²) in [4.78, 5) is 26.5. The summed E-state index contributed by atoms with van der Waals surface area (Å²) in [7, 11) is 2.01. The van der Waals surface area contributed by atoms with E-state index in [0.717, 1.165) is 36.3 Å². The van der Waals surface area contributed by atoms with Crippen LogP contribution in [0.3, 0.4) is 0 Å². The third kappa shape index (κ3) is 5.12. The van der Waals surface area contributed by atoms with Crippen LogP contribution in [0.1, 0.15) is 45.3 Å². The summed E-state index contributed by atoms with van der Waals surface area (Å²) in [6, 6.07) is 7.76. The lowest BCUT2D eigenvalue weighted by atomic mass is 9.92. The summed E-state index contributed by atoms with van der Waals surface area (Å²) >= 11 is 1.07. The molecule has 0 radical (unpaired) electrons. The Labute approximate surface area is 210 Å². The summed E-state index contributed by atoms with van der Waals surface area (Å²) in [5.74, 6) is -1.52. The first-order valence-electron chi connectivity index (χ1n) is 11.9. The second kappa shape index (κ2) is 10.4. The molecule has 0 spiro atoms. The highest BCUT2D eigenvalue weighted by Crippen LogP contribution is 2.31. The molecule has 3 aromatic rings. The van der Waals surface area contributed by atoms with E-state index in [-0.39, 0.29) is 35.0 Å². The Morgan fingerprint density at radius 1 is 1.31 bits per heavy atom. The molecule has 1 fully saturated rings. The fraction of sp³-hybridized carbons (Fsp3) is 0.400. The normalized spacial score (nSPS) is 19.9. The number of nitrogens with zero attached hydrogens (tertiary/aromatic N) is 2. The van der Waals surface area contributed by atoms with Crippen LogP contribution in [0, 0.1) is 11.6 Å². The Morgan fingerprint density at radius 3 is 2.86 bits per heavy atom. The van der Waals surface area contributed by atoms with Crippen LogP contribution in [0.25, 0.3) is 0 Å². The number of piperidine rings is 1. The van der Waals surface area contributed by atoms with Crippen molar-refractivity contribution in [2.75, 3.05) is 32.0 Å². The molecule has 5 rings (SSSR count). The minimum Gasteiger partial charge on any atom is -0.489 e. The number of hydrogen-bond acceptors (Lipinski definition) is 7. The van der Waals surface area contributed by atoms with Gasteiger partial charge in [-0.25, -0.2) is 13.9 Å². The molecule has 1 amide bonds. The predicted molar refractivity (Wildman–Crippen MR) is 133 cm³/mol. The number of nitrogens with one attached hydrogen (secondary N) is 3. The van der Waals surface area contributed by atoms with Crippen LogP contribution >= 0.6 is 11.3 Å². The highest BCUT2D eigenvalue weighted by Gasteiger charge is 2.32. The minimum atomic E-state index is -0.900. The first-order valence-corrected chi connectivity index (χ1v) is 12.7. The molecular weight excluding hydrogens is 488 g/mol. The van der Waals surface area contributed by atoms with Crippen molar-refractivity contribution in [1.29, 1.82) is 0 Å². The number of carbonyl (C=O) groups is 1. The molecule has 3 heterocycles. The Morgan fingerprint density at radius 2 is 2.11 bits per heavy atom. The number of amides is 1. The van der Waals surface area contributed by atoms with Gasteiger partial charge in [0.2, 0.25) is 0 Å². The zero-order valence-electron chi connectivity index (χ0n) is 19.8. The van der Waals surface area contributed by atoms with E-state index in [1.54, 1.807) is 24.3 Å². The molecule has 0 aliphatic carbocycles. The van der Waals surface area contributed by atoms with Gasteiger partial charge in [-0.05, 0) is 74.3 Å². The molecule has 0 unspecified atom stereocenters. The number of aromatic amines is 1. The molecule has 8 nitrogen and oxygen atoms in total. The second-order valence-corrected chi connectivity index (χ2v) is 10.2. The third-order valence-electron chi connectivity index (χ3n) is 6.74. The largest absolute Gasteiger partial charge is 0.489 e. The summed E-state index contributed by atoms with van der Waals surface area (Å²) in [5, 5.41) is 13.3. The molecule has 1 aromatic heterocycles. The Hall–Kier alpha value is -3.31. The summed E-state index contributed by atoms with van der Waals surface area (Å²) < 4.78 is 34.0. The summed E-state index contributed by atoms with van der Waals surface area (Å²) in [6.07, 6.45) is 2.24. The molecule has 2 atom stereocenters. The number of fused-ring (bicyclic) bond motifs is 1. The molecule has 1 saturated heterocycles. The van der Waals surface area contributed by atoms with E-state index in [0.29, 0.717) is 41.4 Å². The van der Waals surface area contributed by atoms with Crippen LogP contribution in [-0.2, 0) is 13.0 Å². The molecule has 3 N–H and O–H groups in total. The third-order valence-corrected chi connectivity index (χ3v) is 7.62. The van der Waals surface area contributed by atoms with E-state index in [9.17, 15) is 18.4 Å². The van der Waals surface area contributed by atoms with Crippen LogP contribution < -0.4 is 20.2 Å². The van der Waals surface area contributed by atoms with E-state index >= 15 is 0 Å². The van der Waals surface area contributed by atoms with Gasteiger partial charge in [0.25, 0.3) is 5.91 Å². The number of benzene rings is 2.